The molecule has 3 N–H and O–H groups in total. The average molecular weight is 297 g/mol. The van der Waals surface area contributed by atoms with Crippen molar-refractivity contribution in [1.29, 1.82) is 0 Å². The lowest BCUT2D eigenvalue weighted by atomic mass is 10.2. The summed E-state index contributed by atoms with van der Waals surface area (Å²) in [5.74, 6) is 0.698. The highest BCUT2D eigenvalue weighted by Gasteiger charge is 2.27. The van der Waals surface area contributed by atoms with E-state index in [0.29, 0.717) is 11.6 Å². The first kappa shape index (κ1) is 15.1. The first-order valence-electron chi connectivity index (χ1n) is 7.06. The fourth-order valence-corrected chi connectivity index (χ4v) is 3.29. The van der Waals surface area contributed by atoms with Gasteiger partial charge in [-0.15, -0.1) is 0 Å². The van der Waals surface area contributed by atoms with Gasteiger partial charge in [0.2, 0.25) is 10.0 Å². The Balaban J connectivity index is 2.41. The van der Waals surface area contributed by atoms with Crippen LogP contribution in [0.3, 0.4) is 0 Å². The number of nitrogen functional groups attached to an aromatic ring is 1. The second-order valence-electron chi connectivity index (χ2n) is 5.32. The normalized spacial score (nSPS) is 15.3. The molecule has 0 heterocycles. The molecule has 0 bridgehead atoms. The molecule has 1 aromatic carbocycles. The maximum atomic E-state index is 12.2. The van der Waals surface area contributed by atoms with Crippen molar-refractivity contribution in [3.05, 3.63) is 18.2 Å². The summed E-state index contributed by atoms with van der Waals surface area (Å²) in [5, 5.41) is 0. The molecular weight excluding hydrogens is 274 g/mol. The second kappa shape index (κ2) is 6.01. The average Bonchev–Trinajstić information content (AvgIpc) is 3.22. The van der Waals surface area contributed by atoms with E-state index in [1.54, 1.807) is 6.07 Å². The Labute approximate surface area is 121 Å². The van der Waals surface area contributed by atoms with Crippen LogP contribution in [0.5, 0.6) is 0 Å². The molecule has 20 heavy (non-hydrogen) atoms. The summed E-state index contributed by atoms with van der Waals surface area (Å²) < 4.78 is 26.8. The molecule has 0 atom stereocenters. The molecule has 0 amide bonds. The number of nitrogens with zero attached hydrogens (tertiary/aromatic N) is 1. The van der Waals surface area contributed by atoms with E-state index < -0.39 is 10.0 Å². The van der Waals surface area contributed by atoms with Crippen molar-refractivity contribution in [1.82, 2.24) is 4.72 Å². The number of rotatable bonds is 7. The summed E-state index contributed by atoms with van der Waals surface area (Å²) >= 11 is 0. The van der Waals surface area contributed by atoms with Crippen LogP contribution in [0.1, 0.15) is 26.2 Å². The van der Waals surface area contributed by atoms with Crippen LogP contribution in [0.15, 0.2) is 23.1 Å². The molecule has 0 radical (unpaired) electrons. The van der Waals surface area contributed by atoms with E-state index in [2.05, 4.69) is 16.5 Å². The van der Waals surface area contributed by atoms with Gasteiger partial charge in [0.1, 0.15) is 4.90 Å². The Morgan fingerprint density at radius 1 is 1.40 bits per heavy atom. The van der Waals surface area contributed by atoms with Crippen LogP contribution < -0.4 is 15.4 Å². The number of nitrogens with two attached hydrogens (primary N) is 1. The third-order valence-corrected chi connectivity index (χ3v) is 5.00. The zero-order chi connectivity index (χ0) is 14.8. The van der Waals surface area contributed by atoms with E-state index in [0.717, 1.165) is 25.2 Å². The summed E-state index contributed by atoms with van der Waals surface area (Å²) in [5.41, 5.74) is 6.97. The van der Waals surface area contributed by atoms with Gasteiger partial charge in [-0.3, -0.25) is 0 Å². The van der Waals surface area contributed by atoms with Crippen LogP contribution in [0.2, 0.25) is 0 Å². The van der Waals surface area contributed by atoms with Crippen LogP contribution in [0, 0.1) is 5.92 Å². The third kappa shape index (κ3) is 3.43. The molecule has 0 aromatic heterocycles. The van der Waals surface area contributed by atoms with Crippen LogP contribution in [0.4, 0.5) is 11.4 Å². The number of sulfonamides is 1. The van der Waals surface area contributed by atoms with Gasteiger partial charge in [-0.1, -0.05) is 6.92 Å². The third-order valence-electron chi connectivity index (χ3n) is 3.55. The highest BCUT2D eigenvalue weighted by Crippen LogP contribution is 2.34. The monoisotopic (exact) mass is 297 g/mol. The van der Waals surface area contributed by atoms with Crippen LogP contribution >= 0.6 is 0 Å². The number of nitrogens with one attached hydrogen (secondary N) is 1. The molecule has 1 aromatic rings. The zero-order valence-corrected chi connectivity index (χ0v) is 12.9. The van der Waals surface area contributed by atoms with Gasteiger partial charge in [-0.2, -0.15) is 0 Å². The van der Waals surface area contributed by atoms with E-state index in [4.69, 9.17) is 5.73 Å². The van der Waals surface area contributed by atoms with Crippen LogP contribution in [-0.4, -0.2) is 28.6 Å². The fraction of sp³-hybridized carbons (Fsp3) is 0.571. The molecule has 1 aliphatic rings. The Hall–Kier alpha value is -1.27. The van der Waals surface area contributed by atoms with E-state index in [9.17, 15) is 8.42 Å². The molecule has 2 rings (SSSR count). The molecule has 1 fully saturated rings. The van der Waals surface area contributed by atoms with E-state index in [-0.39, 0.29) is 4.90 Å². The van der Waals surface area contributed by atoms with Crippen molar-refractivity contribution in [3.63, 3.8) is 0 Å². The van der Waals surface area contributed by atoms with Crippen LogP contribution in [0.25, 0.3) is 0 Å². The lowest BCUT2D eigenvalue weighted by molar-refractivity contribution is 0.587. The molecule has 112 valence electrons. The highest BCUT2D eigenvalue weighted by molar-refractivity contribution is 7.89. The van der Waals surface area contributed by atoms with Gasteiger partial charge in [0.25, 0.3) is 0 Å². The summed E-state index contributed by atoms with van der Waals surface area (Å²) in [6, 6.07) is 5.12. The predicted molar refractivity (Wildman–Crippen MR) is 82.3 cm³/mol. The molecular formula is C14H23N3O2S. The number of hydrogen-bond donors (Lipinski definition) is 2. The number of hydrogen-bond acceptors (Lipinski definition) is 4. The van der Waals surface area contributed by atoms with Crippen molar-refractivity contribution in [3.8, 4) is 0 Å². The van der Waals surface area contributed by atoms with E-state index in [1.165, 1.54) is 26.0 Å². The van der Waals surface area contributed by atoms with E-state index >= 15 is 0 Å². The number of benzene rings is 1. The minimum atomic E-state index is -3.50. The van der Waals surface area contributed by atoms with E-state index in [1.807, 2.05) is 6.07 Å². The Bertz CT molecular complexity index is 568. The zero-order valence-electron chi connectivity index (χ0n) is 12.1. The van der Waals surface area contributed by atoms with Crippen molar-refractivity contribution in [2.75, 3.05) is 30.8 Å². The van der Waals surface area contributed by atoms with Crippen LogP contribution in [-0.2, 0) is 10.0 Å². The Kier molecular flexibility index (Phi) is 4.55. The van der Waals surface area contributed by atoms with Crippen molar-refractivity contribution in [2.24, 2.45) is 5.92 Å². The Morgan fingerprint density at radius 2 is 2.10 bits per heavy atom. The van der Waals surface area contributed by atoms with Gasteiger partial charge >= 0.3 is 0 Å². The molecule has 1 saturated carbocycles. The van der Waals surface area contributed by atoms with Crippen molar-refractivity contribution < 1.29 is 8.42 Å². The number of anilines is 2. The molecule has 0 aliphatic heterocycles. The smallest absolute Gasteiger partial charge is 0.242 e. The standard InChI is InChI=1S/C14H23N3O2S/c1-3-8-17(10-11-4-5-11)13-7-6-12(15)9-14(13)20(18,19)16-2/h6-7,9,11,16H,3-5,8,10,15H2,1-2H3. The van der Waals surface area contributed by atoms with Gasteiger partial charge in [-0.05, 0) is 50.4 Å². The Morgan fingerprint density at radius 3 is 2.65 bits per heavy atom. The maximum Gasteiger partial charge on any atom is 0.242 e. The molecule has 0 unspecified atom stereocenters. The predicted octanol–water partition coefficient (Wildman–Crippen LogP) is 1.80. The maximum absolute atomic E-state index is 12.2. The van der Waals surface area contributed by atoms with Crippen molar-refractivity contribution >= 4 is 21.4 Å². The first-order valence-corrected chi connectivity index (χ1v) is 8.54. The van der Waals surface area contributed by atoms with Gasteiger partial charge < -0.3 is 10.6 Å². The quantitative estimate of drug-likeness (QED) is 0.753. The molecule has 6 heteroatoms. The minimum Gasteiger partial charge on any atom is -0.399 e. The molecule has 1 aliphatic carbocycles. The van der Waals surface area contributed by atoms with Gasteiger partial charge in [0.15, 0.2) is 0 Å². The largest absolute Gasteiger partial charge is 0.399 e. The second-order valence-corrected chi connectivity index (χ2v) is 7.18. The lowest BCUT2D eigenvalue weighted by Crippen LogP contribution is -2.30. The summed E-state index contributed by atoms with van der Waals surface area (Å²) in [6.45, 7) is 3.88. The fourth-order valence-electron chi connectivity index (χ4n) is 2.31. The SMILES string of the molecule is CCCN(CC1CC1)c1ccc(N)cc1S(=O)(=O)NC. The summed E-state index contributed by atoms with van der Waals surface area (Å²) in [4.78, 5) is 2.44. The summed E-state index contributed by atoms with van der Waals surface area (Å²) in [7, 11) is -2.08. The first-order chi connectivity index (χ1) is 9.47. The molecule has 5 nitrogen and oxygen atoms in total. The van der Waals surface area contributed by atoms with Gasteiger partial charge in [-0.25, -0.2) is 13.1 Å². The lowest BCUT2D eigenvalue weighted by Gasteiger charge is -2.26. The summed E-state index contributed by atoms with van der Waals surface area (Å²) in [6.07, 6.45) is 3.46. The van der Waals surface area contributed by atoms with Crippen molar-refractivity contribution in [2.45, 2.75) is 31.1 Å². The highest BCUT2D eigenvalue weighted by atomic mass is 32.2. The molecule has 0 saturated heterocycles. The molecule has 0 spiro atoms. The topological polar surface area (TPSA) is 75.4 Å². The van der Waals surface area contributed by atoms with Gasteiger partial charge in [0, 0.05) is 18.8 Å². The van der Waals surface area contributed by atoms with Gasteiger partial charge in [0.05, 0.1) is 5.69 Å². The minimum absolute atomic E-state index is 0.272.